The van der Waals surface area contributed by atoms with Gasteiger partial charge in [0.15, 0.2) is 5.16 Å². The number of anilines is 1. The summed E-state index contributed by atoms with van der Waals surface area (Å²) in [7, 11) is 0. The van der Waals surface area contributed by atoms with Crippen molar-refractivity contribution >= 4 is 40.0 Å². The lowest BCUT2D eigenvalue weighted by Crippen LogP contribution is -2.24. The van der Waals surface area contributed by atoms with Gasteiger partial charge in [0, 0.05) is 12.2 Å². The fourth-order valence-corrected chi connectivity index (χ4v) is 4.60. The van der Waals surface area contributed by atoms with Crippen molar-refractivity contribution in [1.29, 1.82) is 0 Å². The van der Waals surface area contributed by atoms with Gasteiger partial charge in [0.1, 0.15) is 0 Å². The lowest BCUT2D eigenvalue weighted by atomic mass is 9.87. The number of hydrogen-bond donors (Lipinski definition) is 1. The number of fused-ring (bicyclic) bond motifs is 3. The summed E-state index contributed by atoms with van der Waals surface area (Å²) < 4.78 is 3.53. The number of thioether (sulfide) groups is 1. The van der Waals surface area contributed by atoms with Crippen LogP contribution >= 0.6 is 11.8 Å². The van der Waals surface area contributed by atoms with E-state index in [1.54, 1.807) is 4.57 Å². The molecule has 1 unspecified atom stereocenters. The first kappa shape index (κ1) is 23.0. The highest BCUT2D eigenvalue weighted by Crippen LogP contribution is 2.27. The van der Waals surface area contributed by atoms with Crippen LogP contribution in [-0.4, -0.2) is 30.3 Å². The molecule has 0 aliphatic heterocycles. The summed E-state index contributed by atoms with van der Waals surface area (Å²) >= 11 is 1.32. The molecule has 1 amide bonds. The van der Waals surface area contributed by atoms with Gasteiger partial charge in [0.2, 0.25) is 11.7 Å². The number of nitrogens with zero attached hydrogens (tertiary/aromatic N) is 4. The number of carbonyl (C=O) groups excluding carboxylic acids is 1. The van der Waals surface area contributed by atoms with Gasteiger partial charge in [0.25, 0.3) is 5.56 Å². The van der Waals surface area contributed by atoms with Gasteiger partial charge in [-0.2, -0.15) is 0 Å². The van der Waals surface area contributed by atoms with Crippen LogP contribution in [0.15, 0.2) is 58.5 Å². The van der Waals surface area contributed by atoms with E-state index in [1.807, 2.05) is 66.8 Å². The van der Waals surface area contributed by atoms with Gasteiger partial charge in [-0.25, -0.2) is 0 Å². The summed E-state index contributed by atoms with van der Waals surface area (Å²) in [5.74, 6) is 0.375. The normalized spacial score (nSPS) is 12.9. The van der Waals surface area contributed by atoms with Gasteiger partial charge in [-0.3, -0.25) is 18.6 Å². The number of benzene rings is 2. The maximum Gasteiger partial charge on any atom is 0.262 e. The molecule has 33 heavy (non-hydrogen) atoms. The maximum atomic E-state index is 13.0. The molecule has 4 rings (SSSR count). The third kappa shape index (κ3) is 4.53. The fourth-order valence-electron chi connectivity index (χ4n) is 3.74. The Balaban J connectivity index is 1.62. The summed E-state index contributed by atoms with van der Waals surface area (Å²) in [6.07, 6.45) is 0.802. The highest BCUT2D eigenvalue weighted by Gasteiger charge is 2.22. The van der Waals surface area contributed by atoms with Crippen LogP contribution in [0.2, 0.25) is 0 Å². The van der Waals surface area contributed by atoms with Crippen molar-refractivity contribution in [3.05, 3.63) is 64.4 Å². The number of rotatable bonds is 6. The molecule has 8 heteroatoms. The Morgan fingerprint density at radius 1 is 1.09 bits per heavy atom. The topological polar surface area (TPSA) is 81.3 Å². The monoisotopic (exact) mass is 463 g/mol. The van der Waals surface area contributed by atoms with Gasteiger partial charge in [-0.1, -0.05) is 63.7 Å². The van der Waals surface area contributed by atoms with Crippen LogP contribution in [0.25, 0.3) is 16.7 Å². The molecule has 0 saturated carbocycles. The van der Waals surface area contributed by atoms with Crippen LogP contribution in [0, 0.1) is 0 Å². The summed E-state index contributed by atoms with van der Waals surface area (Å²) in [4.78, 5) is 25.9. The minimum absolute atomic E-state index is 0.0573. The standard InChI is InChI=1S/C25H29N5O2S/c1-6-15-29-22(32)19-9-7-8-10-20(19)30-23(29)27-28-24(30)33-16(2)21(31)26-18-13-11-17(12-14-18)25(3,4)5/h7-14,16H,6,15H2,1-5H3,(H,26,31). The van der Waals surface area contributed by atoms with Crippen molar-refractivity contribution < 1.29 is 4.79 Å². The van der Waals surface area contributed by atoms with E-state index in [1.165, 1.54) is 17.3 Å². The molecule has 1 N–H and O–H groups in total. The minimum Gasteiger partial charge on any atom is -0.325 e. The molecule has 172 valence electrons. The van der Waals surface area contributed by atoms with Crippen LogP contribution in [0.3, 0.4) is 0 Å². The Kier molecular flexibility index (Phi) is 6.30. The van der Waals surface area contributed by atoms with Crippen molar-refractivity contribution in [2.75, 3.05) is 5.32 Å². The molecule has 1 atom stereocenters. The number of amides is 1. The molecule has 0 spiro atoms. The maximum absolute atomic E-state index is 13.0. The van der Waals surface area contributed by atoms with Gasteiger partial charge in [0.05, 0.1) is 16.2 Å². The SMILES string of the molecule is CCCn1c(=O)c2ccccc2n2c(SC(C)C(=O)Nc3ccc(C(C)(C)C)cc3)nnc12. The zero-order valence-electron chi connectivity index (χ0n) is 19.6. The molecule has 0 fully saturated rings. The molecule has 0 aliphatic carbocycles. The lowest BCUT2D eigenvalue weighted by Gasteiger charge is -2.19. The first-order valence-corrected chi connectivity index (χ1v) is 12.0. The second kappa shape index (κ2) is 9.02. The Morgan fingerprint density at radius 3 is 2.45 bits per heavy atom. The Bertz CT molecular complexity index is 1370. The highest BCUT2D eigenvalue weighted by atomic mass is 32.2. The van der Waals surface area contributed by atoms with Crippen molar-refractivity contribution in [1.82, 2.24) is 19.2 Å². The molecular weight excluding hydrogens is 434 g/mol. The average molecular weight is 464 g/mol. The van der Waals surface area contributed by atoms with E-state index < -0.39 is 5.25 Å². The van der Waals surface area contributed by atoms with Gasteiger partial charge in [-0.05, 0) is 48.6 Å². The average Bonchev–Trinajstić information content (AvgIpc) is 3.20. The Labute approximate surface area is 197 Å². The first-order chi connectivity index (χ1) is 15.7. The number of aromatic nitrogens is 4. The Morgan fingerprint density at radius 2 is 1.79 bits per heavy atom. The van der Waals surface area contributed by atoms with Gasteiger partial charge < -0.3 is 5.32 Å². The summed E-state index contributed by atoms with van der Waals surface area (Å²) in [5, 5.41) is 12.4. The number of para-hydroxylation sites is 1. The zero-order valence-corrected chi connectivity index (χ0v) is 20.4. The highest BCUT2D eigenvalue weighted by molar-refractivity contribution is 8.00. The van der Waals surface area contributed by atoms with E-state index in [9.17, 15) is 9.59 Å². The number of nitrogens with one attached hydrogen (secondary N) is 1. The quantitative estimate of drug-likeness (QED) is 0.413. The van der Waals surface area contributed by atoms with Crippen LogP contribution in [0.5, 0.6) is 0 Å². The first-order valence-electron chi connectivity index (χ1n) is 11.2. The molecule has 0 bridgehead atoms. The van der Waals surface area contributed by atoms with E-state index in [4.69, 9.17) is 0 Å². The minimum atomic E-state index is -0.412. The third-order valence-electron chi connectivity index (χ3n) is 5.60. The number of aryl methyl sites for hydroxylation is 1. The number of carbonyl (C=O) groups is 1. The molecule has 0 aliphatic rings. The summed E-state index contributed by atoms with van der Waals surface area (Å²) in [6, 6.07) is 15.4. The van der Waals surface area contributed by atoms with Crippen LogP contribution in [0.1, 0.15) is 46.6 Å². The lowest BCUT2D eigenvalue weighted by molar-refractivity contribution is -0.115. The van der Waals surface area contributed by atoms with E-state index in [2.05, 4.69) is 36.3 Å². The molecule has 2 aromatic carbocycles. The Hall–Kier alpha value is -3.13. The van der Waals surface area contributed by atoms with E-state index in [-0.39, 0.29) is 16.9 Å². The van der Waals surface area contributed by atoms with Crippen molar-refractivity contribution in [2.24, 2.45) is 0 Å². The van der Waals surface area contributed by atoms with Crippen molar-refractivity contribution in [2.45, 2.75) is 63.4 Å². The van der Waals surface area contributed by atoms with Gasteiger partial charge >= 0.3 is 0 Å². The predicted molar refractivity (Wildman–Crippen MR) is 134 cm³/mol. The van der Waals surface area contributed by atoms with Crippen molar-refractivity contribution in [3.63, 3.8) is 0 Å². The molecule has 2 aromatic heterocycles. The predicted octanol–water partition coefficient (Wildman–Crippen LogP) is 4.87. The zero-order chi connectivity index (χ0) is 23.8. The third-order valence-corrected chi connectivity index (χ3v) is 6.64. The van der Waals surface area contributed by atoms with E-state index in [0.717, 1.165) is 17.6 Å². The van der Waals surface area contributed by atoms with Crippen LogP contribution < -0.4 is 10.9 Å². The van der Waals surface area contributed by atoms with Crippen LogP contribution in [-0.2, 0) is 16.8 Å². The van der Waals surface area contributed by atoms with Gasteiger partial charge in [-0.15, -0.1) is 10.2 Å². The van der Waals surface area contributed by atoms with Crippen molar-refractivity contribution in [3.8, 4) is 0 Å². The molecular formula is C25H29N5O2S. The molecule has 7 nitrogen and oxygen atoms in total. The van der Waals surface area contributed by atoms with Crippen LogP contribution in [0.4, 0.5) is 5.69 Å². The smallest absolute Gasteiger partial charge is 0.262 e. The second-order valence-electron chi connectivity index (χ2n) is 9.17. The summed E-state index contributed by atoms with van der Waals surface area (Å²) in [6.45, 7) is 10.9. The molecule has 4 aromatic rings. The van der Waals surface area contributed by atoms with E-state index >= 15 is 0 Å². The number of hydrogen-bond acceptors (Lipinski definition) is 5. The molecule has 0 radical (unpaired) electrons. The molecule has 0 saturated heterocycles. The van der Waals surface area contributed by atoms with E-state index in [0.29, 0.717) is 22.9 Å². The summed E-state index contributed by atoms with van der Waals surface area (Å²) in [5.41, 5.74) is 2.69. The largest absolute Gasteiger partial charge is 0.325 e. The fraction of sp³-hybridized carbons (Fsp3) is 0.360. The molecule has 2 heterocycles. The second-order valence-corrected chi connectivity index (χ2v) is 10.5.